The van der Waals surface area contributed by atoms with Crippen molar-refractivity contribution in [1.29, 1.82) is 0 Å². The molecule has 5 nitrogen and oxygen atoms in total. The van der Waals surface area contributed by atoms with Gasteiger partial charge in [-0.25, -0.2) is 4.98 Å². The monoisotopic (exact) mass is 764 g/mol. The van der Waals surface area contributed by atoms with Crippen LogP contribution in [0.3, 0.4) is 0 Å². The summed E-state index contributed by atoms with van der Waals surface area (Å²) in [4.78, 5) is 16.1. The molecule has 60 heavy (non-hydrogen) atoms. The molecule has 0 radical (unpaired) electrons. The van der Waals surface area contributed by atoms with Gasteiger partial charge in [0, 0.05) is 32.5 Å². The maximum atomic E-state index is 6.76. The van der Waals surface area contributed by atoms with Crippen molar-refractivity contribution >= 4 is 86.8 Å². The van der Waals surface area contributed by atoms with E-state index in [1.165, 1.54) is 27.1 Å². The quantitative estimate of drug-likeness (QED) is 0.179. The molecular weight excluding hydrogens is 733 g/mol. The lowest BCUT2D eigenvalue weighted by Crippen LogP contribution is -2.06. The Balaban J connectivity index is 1.10. The van der Waals surface area contributed by atoms with Gasteiger partial charge in [0.2, 0.25) is 5.95 Å². The number of rotatable bonds is 4. The minimum atomic E-state index is 0.540. The van der Waals surface area contributed by atoms with Crippen molar-refractivity contribution in [2.75, 3.05) is 0 Å². The molecular formula is C55H32N4O. The molecule has 0 saturated heterocycles. The molecule has 0 unspecified atom stereocenters. The Bertz CT molecular complexity index is 3890. The van der Waals surface area contributed by atoms with Crippen LogP contribution in [-0.2, 0) is 0 Å². The third kappa shape index (κ3) is 4.96. The Morgan fingerprint density at radius 1 is 0.350 bits per heavy atom. The predicted molar refractivity (Wildman–Crippen MR) is 248 cm³/mol. The van der Waals surface area contributed by atoms with Gasteiger partial charge in [-0.15, -0.1) is 0 Å². The van der Waals surface area contributed by atoms with E-state index in [2.05, 4.69) is 199 Å². The highest BCUT2D eigenvalue weighted by atomic mass is 16.3. The van der Waals surface area contributed by atoms with Crippen molar-refractivity contribution < 1.29 is 4.42 Å². The maximum absolute atomic E-state index is 6.76. The van der Waals surface area contributed by atoms with Crippen LogP contribution in [0.15, 0.2) is 199 Å². The molecule has 13 rings (SSSR count). The van der Waals surface area contributed by atoms with Crippen LogP contribution in [0.25, 0.3) is 127 Å². The van der Waals surface area contributed by atoms with Crippen molar-refractivity contribution in [3.8, 4) is 39.9 Å². The molecule has 0 atom stereocenters. The smallest absolute Gasteiger partial charge is 0.238 e. The molecule has 0 spiro atoms. The topological polar surface area (TPSA) is 56.7 Å². The zero-order chi connectivity index (χ0) is 39.3. The molecule has 3 aromatic heterocycles. The SMILES string of the molecule is c1ccc2cc3c(cc2c1)oc1c(-c2nc(-c4ccc(-c5cccc6ccccc56)cc4)nc(-n4c5cc6ccccc6cc5c5ccc6ccccc6c54)n2)cccc13. The molecule has 278 valence electrons. The van der Waals surface area contributed by atoms with Gasteiger partial charge in [-0.3, -0.25) is 4.57 Å². The van der Waals surface area contributed by atoms with Crippen molar-refractivity contribution in [1.82, 2.24) is 19.5 Å². The number of nitrogens with zero attached hydrogens (tertiary/aromatic N) is 4. The summed E-state index contributed by atoms with van der Waals surface area (Å²) in [5.41, 5.74) is 7.68. The molecule has 0 saturated carbocycles. The molecule has 0 aliphatic rings. The fraction of sp³-hybridized carbons (Fsp3) is 0. The fourth-order valence-corrected chi connectivity index (χ4v) is 9.32. The first-order valence-corrected chi connectivity index (χ1v) is 20.3. The van der Waals surface area contributed by atoms with Crippen LogP contribution in [0.4, 0.5) is 0 Å². The number of para-hydroxylation sites is 1. The minimum Gasteiger partial charge on any atom is -0.455 e. The van der Waals surface area contributed by atoms with E-state index in [-0.39, 0.29) is 0 Å². The summed E-state index contributed by atoms with van der Waals surface area (Å²) in [5.74, 6) is 1.66. The number of hydrogen-bond donors (Lipinski definition) is 0. The van der Waals surface area contributed by atoms with Crippen molar-refractivity contribution in [3.05, 3.63) is 194 Å². The van der Waals surface area contributed by atoms with E-state index in [0.717, 1.165) is 82.0 Å². The largest absolute Gasteiger partial charge is 0.455 e. The lowest BCUT2D eigenvalue weighted by Gasteiger charge is -2.13. The molecule has 0 fully saturated rings. The molecule has 5 heteroatoms. The standard InChI is InChI=1S/C55H32N4O/c1-3-15-39-31-49-47(29-37(39)13-1)44-28-27-34-12-6-8-19-43(34)51(44)59(49)55-57-53(36-25-23-35(24-26-36)42-20-9-17-33-11-5-7-18-41(33)42)56-54(58-55)46-22-10-21-45-48-30-38-14-2-4-16-40(38)32-50(48)60-52(45)46/h1-32H. The molecule has 0 bridgehead atoms. The molecule has 10 aromatic carbocycles. The Morgan fingerprint density at radius 3 is 1.70 bits per heavy atom. The highest BCUT2D eigenvalue weighted by Crippen LogP contribution is 2.41. The van der Waals surface area contributed by atoms with Crippen LogP contribution in [0.1, 0.15) is 0 Å². The van der Waals surface area contributed by atoms with Gasteiger partial charge in [0.05, 0.1) is 16.6 Å². The van der Waals surface area contributed by atoms with Crippen LogP contribution in [-0.4, -0.2) is 19.5 Å². The van der Waals surface area contributed by atoms with Crippen LogP contribution in [0.5, 0.6) is 0 Å². The molecule has 3 heterocycles. The van der Waals surface area contributed by atoms with Gasteiger partial charge in [0.25, 0.3) is 0 Å². The Hall–Kier alpha value is -8.15. The van der Waals surface area contributed by atoms with Crippen LogP contribution < -0.4 is 0 Å². The van der Waals surface area contributed by atoms with Gasteiger partial charge in [0.15, 0.2) is 11.6 Å². The van der Waals surface area contributed by atoms with E-state index in [4.69, 9.17) is 19.4 Å². The highest BCUT2D eigenvalue weighted by Gasteiger charge is 2.22. The number of aromatic nitrogens is 4. The van der Waals surface area contributed by atoms with Gasteiger partial charge in [0.1, 0.15) is 11.2 Å². The fourth-order valence-electron chi connectivity index (χ4n) is 9.32. The second-order valence-electron chi connectivity index (χ2n) is 15.6. The van der Waals surface area contributed by atoms with E-state index < -0.39 is 0 Å². The third-order valence-electron chi connectivity index (χ3n) is 12.2. The first-order valence-electron chi connectivity index (χ1n) is 20.3. The van der Waals surface area contributed by atoms with Crippen LogP contribution >= 0.6 is 0 Å². The van der Waals surface area contributed by atoms with Gasteiger partial charge in [-0.05, 0) is 79.2 Å². The van der Waals surface area contributed by atoms with Crippen molar-refractivity contribution in [3.63, 3.8) is 0 Å². The van der Waals surface area contributed by atoms with Crippen LogP contribution in [0, 0.1) is 0 Å². The van der Waals surface area contributed by atoms with E-state index >= 15 is 0 Å². The summed E-state index contributed by atoms with van der Waals surface area (Å²) in [6, 6.07) is 68.7. The van der Waals surface area contributed by atoms with E-state index in [9.17, 15) is 0 Å². The first-order chi connectivity index (χ1) is 29.7. The van der Waals surface area contributed by atoms with Crippen molar-refractivity contribution in [2.45, 2.75) is 0 Å². The lowest BCUT2D eigenvalue weighted by atomic mass is 9.97. The second-order valence-corrected chi connectivity index (χ2v) is 15.6. The molecule has 13 aromatic rings. The van der Waals surface area contributed by atoms with E-state index in [1.54, 1.807) is 0 Å². The van der Waals surface area contributed by atoms with Crippen molar-refractivity contribution in [2.24, 2.45) is 0 Å². The van der Waals surface area contributed by atoms with Gasteiger partial charge < -0.3 is 4.42 Å². The summed E-state index contributed by atoms with van der Waals surface area (Å²) in [6.07, 6.45) is 0. The van der Waals surface area contributed by atoms with E-state index in [0.29, 0.717) is 17.6 Å². The Labute approximate surface area is 343 Å². The Kier molecular flexibility index (Phi) is 6.95. The van der Waals surface area contributed by atoms with Gasteiger partial charge in [-0.2, -0.15) is 9.97 Å². The van der Waals surface area contributed by atoms with Gasteiger partial charge in [-0.1, -0.05) is 164 Å². The molecule has 0 amide bonds. The summed E-state index contributed by atoms with van der Waals surface area (Å²) < 4.78 is 9.00. The van der Waals surface area contributed by atoms with Crippen LogP contribution in [0.2, 0.25) is 0 Å². The average Bonchev–Trinajstić information content (AvgIpc) is 3.84. The normalized spacial score (nSPS) is 12.0. The van der Waals surface area contributed by atoms with E-state index in [1.807, 2.05) is 0 Å². The number of benzene rings is 10. The minimum absolute atomic E-state index is 0.540. The summed E-state index contributed by atoms with van der Waals surface area (Å²) in [5, 5.41) is 13.7. The second kappa shape index (κ2) is 12.7. The number of furan rings is 1. The summed E-state index contributed by atoms with van der Waals surface area (Å²) >= 11 is 0. The lowest BCUT2D eigenvalue weighted by molar-refractivity contribution is 0.670. The Morgan fingerprint density at radius 2 is 0.917 bits per heavy atom. The molecule has 0 aliphatic heterocycles. The molecule has 0 N–H and O–H groups in total. The number of hydrogen-bond acceptors (Lipinski definition) is 4. The highest BCUT2D eigenvalue weighted by molar-refractivity contribution is 6.20. The first kappa shape index (κ1) is 32.9. The molecule has 0 aliphatic carbocycles. The average molecular weight is 765 g/mol. The number of fused-ring (bicyclic) bond motifs is 11. The zero-order valence-corrected chi connectivity index (χ0v) is 32.2. The predicted octanol–water partition coefficient (Wildman–Crippen LogP) is 14.5. The maximum Gasteiger partial charge on any atom is 0.238 e. The zero-order valence-electron chi connectivity index (χ0n) is 32.2. The van der Waals surface area contributed by atoms with Gasteiger partial charge >= 0.3 is 0 Å². The summed E-state index contributed by atoms with van der Waals surface area (Å²) in [7, 11) is 0. The summed E-state index contributed by atoms with van der Waals surface area (Å²) in [6.45, 7) is 0. The third-order valence-corrected chi connectivity index (χ3v) is 12.2.